The summed E-state index contributed by atoms with van der Waals surface area (Å²) in [5.74, 6) is -1.75. The SMILES string of the molecule is CC(=O)NCCN(C(=O)COc1cccc(C(C)=O)c1)C(C)C(=O)O. The van der Waals surface area contributed by atoms with E-state index in [9.17, 15) is 19.2 Å². The van der Waals surface area contributed by atoms with Crippen molar-refractivity contribution >= 4 is 23.6 Å². The zero-order chi connectivity index (χ0) is 19.0. The van der Waals surface area contributed by atoms with E-state index in [2.05, 4.69) is 5.32 Å². The molecular weight excluding hydrogens is 328 g/mol. The molecule has 0 radical (unpaired) electrons. The summed E-state index contributed by atoms with van der Waals surface area (Å²) in [6.45, 7) is 3.94. The van der Waals surface area contributed by atoms with Gasteiger partial charge >= 0.3 is 5.97 Å². The summed E-state index contributed by atoms with van der Waals surface area (Å²) in [4.78, 5) is 46.9. The number of nitrogens with zero attached hydrogens (tertiary/aromatic N) is 1. The van der Waals surface area contributed by atoms with Crippen LogP contribution in [0.4, 0.5) is 0 Å². The zero-order valence-corrected chi connectivity index (χ0v) is 14.4. The average Bonchev–Trinajstić information content (AvgIpc) is 2.56. The standard InChI is InChI=1S/C17H22N2O6/c1-11(17(23)24)19(8-7-18-13(3)21)16(22)10-25-15-6-4-5-14(9-15)12(2)20/h4-6,9,11H,7-8,10H2,1-3H3,(H,18,21)(H,23,24). The minimum atomic E-state index is -1.16. The first-order valence-corrected chi connectivity index (χ1v) is 7.73. The number of aliphatic carboxylic acids is 1. The van der Waals surface area contributed by atoms with E-state index in [1.807, 2.05) is 0 Å². The van der Waals surface area contributed by atoms with Gasteiger partial charge in [-0.15, -0.1) is 0 Å². The van der Waals surface area contributed by atoms with Gasteiger partial charge in [0.1, 0.15) is 11.8 Å². The summed E-state index contributed by atoms with van der Waals surface area (Å²) in [5, 5.41) is 11.6. The van der Waals surface area contributed by atoms with Gasteiger partial charge in [0, 0.05) is 25.6 Å². The number of amides is 2. The Bertz CT molecular complexity index is 658. The van der Waals surface area contributed by atoms with Gasteiger partial charge in [-0.05, 0) is 26.0 Å². The van der Waals surface area contributed by atoms with Crippen molar-refractivity contribution in [3.8, 4) is 5.75 Å². The predicted octanol–water partition coefficient (Wildman–Crippen LogP) is 0.706. The van der Waals surface area contributed by atoms with Crippen molar-refractivity contribution in [2.45, 2.75) is 26.8 Å². The fourth-order valence-electron chi connectivity index (χ4n) is 2.05. The highest BCUT2D eigenvalue weighted by molar-refractivity contribution is 5.94. The molecule has 136 valence electrons. The lowest BCUT2D eigenvalue weighted by molar-refractivity contribution is -0.150. The summed E-state index contributed by atoms with van der Waals surface area (Å²) in [7, 11) is 0. The first-order valence-electron chi connectivity index (χ1n) is 7.73. The molecule has 0 heterocycles. The van der Waals surface area contributed by atoms with Crippen LogP contribution in [0, 0.1) is 0 Å². The number of carbonyl (C=O) groups is 4. The van der Waals surface area contributed by atoms with Gasteiger partial charge in [-0.2, -0.15) is 0 Å². The second kappa shape index (κ2) is 9.41. The predicted molar refractivity (Wildman–Crippen MR) is 89.4 cm³/mol. The van der Waals surface area contributed by atoms with Crippen LogP contribution in [0.1, 0.15) is 31.1 Å². The molecule has 1 atom stereocenters. The molecule has 1 rings (SSSR count). The average molecular weight is 350 g/mol. The fourth-order valence-corrected chi connectivity index (χ4v) is 2.05. The van der Waals surface area contributed by atoms with Crippen LogP contribution in [0.25, 0.3) is 0 Å². The molecule has 8 heteroatoms. The quantitative estimate of drug-likeness (QED) is 0.634. The molecule has 0 spiro atoms. The van der Waals surface area contributed by atoms with Crippen LogP contribution in [0.5, 0.6) is 5.75 Å². The van der Waals surface area contributed by atoms with Gasteiger partial charge in [0.2, 0.25) is 5.91 Å². The van der Waals surface area contributed by atoms with E-state index in [0.717, 1.165) is 4.90 Å². The Hall–Kier alpha value is -2.90. The number of ether oxygens (including phenoxy) is 1. The van der Waals surface area contributed by atoms with E-state index < -0.39 is 17.9 Å². The van der Waals surface area contributed by atoms with Gasteiger partial charge in [-0.25, -0.2) is 4.79 Å². The number of ketones is 1. The summed E-state index contributed by atoms with van der Waals surface area (Å²) in [6, 6.07) is 5.31. The van der Waals surface area contributed by atoms with Crippen molar-refractivity contribution in [3.63, 3.8) is 0 Å². The number of hydrogen-bond donors (Lipinski definition) is 2. The Morgan fingerprint density at radius 3 is 2.48 bits per heavy atom. The van der Waals surface area contributed by atoms with Gasteiger partial charge in [-0.3, -0.25) is 14.4 Å². The molecule has 1 unspecified atom stereocenters. The number of hydrogen-bond acceptors (Lipinski definition) is 5. The minimum absolute atomic E-state index is 0.0444. The van der Waals surface area contributed by atoms with E-state index in [-0.39, 0.29) is 31.4 Å². The van der Waals surface area contributed by atoms with Crippen molar-refractivity contribution in [2.75, 3.05) is 19.7 Å². The maximum absolute atomic E-state index is 12.3. The molecule has 0 fully saturated rings. The Morgan fingerprint density at radius 2 is 1.92 bits per heavy atom. The summed E-state index contributed by atoms with van der Waals surface area (Å²) < 4.78 is 5.37. The molecule has 0 aromatic heterocycles. The van der Waals surface area contributed by atoms with Crippen LogP contribution in [0.2, 0.25) is 0 Å². The summed E-state index contributed by atoms with van der Waals surface area (Å²) in [6.07, 6.45) is 0. The molecule has 0 bridgehead atoms. The molecule has 8 nitrogen and oxygen atoms in total. The molecule has 0 aliphatic heterocycles. The van der Waals surface area contributed by atoms with E-state index in [1.54, 1.807) is 18.2 Å². The van der Waals surface area contributed by atoms with Crippen LogP contribution in [-0.4, -0.2) is 59.3 Å². The topological polar surface area (TPSA) is 113 Å². The molecule has 2 N–H and O–H groups in total. The molecule has 0 saturated heterocycles. The van der Waals surface area contributed by atoms with Crippen molar-refractivity contribution in [1.29, 1.82) is 0 Å². The summed E-state index contributed by atoms with van der Waals surface area (Å²) >= 11 is 0. The van der Waals surface area contributed by atoms with Crippen LogP contribution in [0.3, 0.4) is 0 Å². The Balaban J connectivity index is 2.73. The third-order valence-electron chi connectivity index (χ3n) is 3.47. The van der Waals surface area contributed by atoms with Crippen molar-refractivity contribution < 1.29 is 29.0 Å². The summed E-state index contributed by atoms with van der Waals surface area (Å²) in [5.41, 5.74) is 0.450. The van der Waals surface area contributed by atoms with Crippen molar-refractivity contribution in [3.05, 3.63) is 29.8 Å². The lowest BCUT2D eigenvalue weighted by atomic mass is 10.1. The highest BCUT2D eigenvalue weighted by Crippen LogP contribution is 2.14. The van der Waals surface area contributed by atoms with Gasteiger partial charge in [0.25, 0.3) is 5.91 Å². The van der Waals surface area contributed by atoms with E-state index in [4.69, 9.17) is 9.84 Å². The number of nitrogens with one attached hydrogen (secondary N) is 1. The number of carboxylic acid groups (broad SMARTS) is 1. The van der Waals surface area contributed by atoms with Gasteiger partial charge in [0.15, 0.2) is 12.4 Å². The van der Waals surface area contributed by atoms with E-state index in [0.29, 0.717) is 11.3 Å². The smallest absolute Gasteiger partial charge is 0.326 e. The third kappa shape index (κ3) is 6.62. The van der Waals surface area contributed by atoms with Crippen LogP contribution < -0.4 is 10.1 Å². The van der Waals surface area contributed by atoms with Gasteiger partial charge < -0.3 is 20.1 Å². The molecule has 2 amide bonds. The Labute approximate surface area is 145 Å². The lowest BCUT2D eigenvalue weighted by Gasteiger charge is -2.26. The largest absolute Gasteiger partial charge is 0.484 e. The first-order chi connectivity index (χ1) is 11.7. The van der Waals surface area contributed by atoms with Gasteiger partial charge in [-0.1, -0.05) is 12.1 Å². The van der Waals surface area contributed by atoms with Crippen LogP contribution in [0.15, 0.2) is 24.3 Å². The monoisotopic (exact) mass is 350 g/mol. The molecule has 1 aromatic carbocycles. The Kier molecular flexibility index (Phi) is 7.58. The second-order valence-corrected chi connectivity index (χ2v) is 5.46. The van der Waals surface area contributed by atoms with E-state index in [1.165, 1.54) is 26.8 Å². The third-order valence-corrected chi connectivity index (χ3v) is 3.47. The van der Waals surface area contributed by atoms with Crippen LogP contribution in [-0.2, 0) is 14.4 Å². The highest BCUT2D eigenvalue weighted by Gasteiger charge is 2.25. The number of Topliss-reactive ketones (excluding diaryl/α,β-unsaturated/α-hetero) is 1. The number of rotatable bonds is 9. The molecule has 1 aromatic rings. The van der Waals surface area contributed by atoms with Crippen LogP contribution >= 0.6 is 0 Å². The Morgan fingerprint density at radius 1 is 1.24 bits per heavy atom. The second-order valence-electron chi connectivity index (χ2n) is 5.46. The zero-order valence-electron chi connectivity index (χ0n) is 14.4. The van der Waals surface area contributed by atoms with Crippen molar-refractivity contribution in [2.24, 2.45) is 0 Å². The highest BCUT2D eigenvalue weighted by atomic mass is 16.5. The molecule has 25 heavy (non-hydrogen) atoms. The van der Waals surface area contributed by atoms with Gasteiger partial charge in [0.05, 0.1) is 0 Å². The minimum Gasteiger partial charge on any atom is -0.484 e. The molecule has 0 saturated carbocycles. The lowest BCUT2D eigenvalue weighted by Crippen LogP contribution is -2.48. The van der Waals surface area contributed by atoms with E-state index >= 15 is 0 Å². The maximum atomic E-state index is 12.3. The molecular formula is C17H22N2O6. The number of carbonyl (C=O) groups excluding carboxylic acids is 3. The maximum Gasteiger partial charge on any atom is 0.326 e. The number of carboxylic acids is 1. The van der Waals surface area contributed by atoms with Crippen molar-refractivity contribution in [1.82, 2.24) is 10.2 Å². The molecule has 0 aliphatic carbocycles. The normalized spacial score (nSPS) is 11.3. The number of benzene rings is 1. The fraction of sp³-hybridized carbons (Fsp3) is 0.412. The molecule has 0 aliphatic rings. The first kappa shape index (κ1) is 20.1.